The molecule has 2 aliphatic heterocycles. The Hall–Kier alpha value is -2.22. The molecule has 2 fully saturated rings. The van der Waals surface area contributed by atoms with Gasteiger partial charge in [0.2, 0.25) is 0 Å². The molecule has 0 radical (unpaired) electrons. The fourth-order valence-corrected chi connectivity index (χ4v) is 3.82. The topological polar surface area (TPSA) is 75.1 Å². The second-order valence-electron chi connectivity index (χ2n) is 7.06. The average molecular weight is 371 g/mol. The molecule has 7 heteroatoms. The zero-order valence-corrected chi connectivity index (χ0v) is 15.3. The van der Waals surface area contributed by atoms with Gasteiger partial charge < -0.3 is 19.5 Å². The maximum absolute atomic E-state index is 11.2. The first-order valence-electron chi connectivity index (χ1n) is 9.45. The van der Waals surface area contributed by atoms with Gasteiger partial charge in [-0.15, -0.1) is 0 Å². The van der Waals surface area contributed by atoms with E-state index >= 15 is 0 Å². The van der Waals surface area contributed by atoms with Crippen molar-refractivity contribution in [1.29, 1.82) is 0 Å². The van der Waals surface area contributed by atoms with Crippen molar-refractivity contribution in [3.8, 4) is 0 Å². The minimum absolute atomic E-state index is 0.0912. The highest BCUT2D eigenvalue weighted by Crippen LogP contribution is 2.27. The van der Waals surface area contributed by atoms with E-state index in [1.54, 1.807) is 0 Å². The molecule has 1 aromatic carbocycles. The standard InChI is InChI=1S/C20H25N3O4/c24-19(25)12-17-14-27-10-7-23(17)13-16-11-15-3-1-2-4-18(15)21-20(16)22-5-8-26-9-6-22/h1-4,11,17H,5-10,12-14H2,(H,24,25). The van der Waals surface area contributed by atoms with Crippen LogP contribution in [-0.2, 0) is 20.8 Å². The van der Waals surface area contributed by atoms with Crippen molar-refractivity contribution in [3.05, 3.63) is 35.9 Å². The van der Waals surface area contributed by atoms with E-state index < -0.39 is 5.97 Å². The number of ether oxygens (including phenoxy) is 2. The number of aromatic nitrogens is 1. The van der Waals surface area contributed by atoms with Gasteiger partial charge in [0.25, 0.3) is 0 Å². The highest BCUT2D eigenvalue weighted by molar-refractivity contribution is 5.81. The predicted octanol–water partition coefficient (Wildman–Crippen LogP) is 1.75. The van der Waals surface area contributed by atoms with Crippen LogP contribution in [0.2, 0.25) is 0 Å². The molecule has 0 spiro atoms. The summed E-state index contributed by atoms with van der Waals surface area (Å²) in [5.74, 6) is 0.193. The summed E-state index contributed by atoms with van der Waals surface area (Å²) in [7, 11) is 0. The smallest absolute Gasteiger partial charge is 0.305 e. The first-order valence-corrected chi connectivity index (χ1v) is 9.45. The summed E-state index contributed by atoms with van der Waals surface area (Å²) in [6.45, 7) is 5.53. The third-order valence-corrected chi connectivity index (χ3v) is 5.22. The number of benzene rings is 1. The van der Waals surface area contributed by atoms with Gasteiger partial charge in [-0.25, -0.2) is 4.98 Å². The number of carboxylic acid groups (broad SMARTS) is 1. The molecule has 2 aromatic rings. The second kappa shape index (κ2) is 8.21. The number of para-hydroxylation sites is 1. The molecule has 144 valence electrons. The highest BCUT2D eigenvalue weighted by Gasteiger charge is 2.27. The molecule has 1 unspecified atom stereocenters. The first kappa shape index (κ1) is 18.2. The van der Waals surface area contributed by atoms with Crippen LogP contribution in [-0.4, -0.2) is 73.1 Å². The molecule has 4 rings (SSSR count). The SMILES string of the molecule is O=C(O)CC1COCCN1Cc1cc2ccccc2nc1N1CCOCC1. The Morgan fingerprint density at radius 3 is 2.74 bits per heavy atom. The Balaban J connectivity index is 1.66. The van der Waals surface area contributed by atoms with Gasteiger partial charge in [0.05, 0.1) is 38.4 Å². The van der Waals surface area contributed by atoms with Crippen LogP contribution < -0.4 is 4.90 Å². The van der Waals surface area contributed by atoms with Gasteiger partial charge in [-0.3, -0.25) is 9.69 Å². The number of carbonyl (C=O) groups is 1. The molecular weight excluding hydrogens is 346 g/mol. The van der Waals surface area contributed by atoms with Crippen molar-refractivity contribution in [3.63, 3.8) is 0 Å². The van der Waals surface area contributed by atoms with E-state index in [1.165, 1.54) is 0 Å². The fraction of sp³-hybridized carbons (Fsp3) is 0.500. The normalized spacial score (nSPS) is 21.5. The van der Waals surface area contributed by atoms with Crippen LogP contribution in [0.1, 0.15) is 12.0 Å². The lowest BCUT2D eigenvalue weighted by Crippen LogP contribution is -2.46. The quantitative estimate of drug-likeness (QED) is 0.858. The van der Waals surface area contributed by atoms with Gasteiger partial charge in [-0.2, -0.15) is 0 Å². The van der Waals surface area contributed by atoms with Crippen LogP contribution in [0, 0.1) is 0 Å². The summed E-state index contributed by atoms with van der Waals surface area (Å²) in [4.78, 5) is 20.7. The number of nitrogens with zero attached hydrogens (tertiary/aromatic N) is 3. The molecule has 1 aromatic heterocycles. The van der Waals surface area contributed by atoms with Gasteiger partial charge in [0.15, 0.2) is 0 Å². The number of aliphatic carboxylic acids is 1. The molecule has 2 aliphatic rings. The summed E-state index contributed by atoms with van der Waals surface area (Å²) in [6.07, 6.45) is 0.0912. The lowest BCUT2D eigenvalue weighted by molar-refractivity contribution is -0.140. The molecule has 0 amide bonds. The molecule has 0 bridgehead atoms. The number of carboxylic acids is 1. The van der Waals surface area contributed by atoms with Crippen molar-refractivity contribution in [2.24, 2.45) is 0 Å². The molecule has 1 atom stereocenters. The summed E-state index contributed by atoms with van der Waals surface area (Å²) in [5, 5.41) is 10.3. The van der Waals surface area contributed by atoms with E-state index in [1.807, 2.05) is 18.2 Å². The Labute approximate surface area is 158 Å². The molecule has 0 aliphatic carbocycles. The number of hydrogen-bond donors (Lipinski definition) is 1. The third-order valence-electron chi connectivity index (χ3n) is 5.22. The van der Waals surface area contributed by atoms with E-state index in [0.717, 1.165) is 41.9 Å². The van der Waals surface area contributed by atoms with Crippen molar-refractivity contribution in [1.82, 2.24) is 9.88 Å². The lowest BCUT2D eigenvalue weighted by Gasteiger charge is -2.36. The van der Waals surface area contributed by atoms with Gasteiger partial charge in [-0.05, 0) is 12.1 Å². The maximum atomic E-state index is 11.2. The monoisotopic (exact) mass is 371 g/mol. The summed E-state index contributed by atoms with van der Waals surface area (Å²) in [5.41, 5.74) is 2.11. The Morgan fingerprint density at radius 2 is 1.93 bits per heavy atom. The van der Waals surface area contributed by atoms with Crippen LogP contribution in [0.15, 0.2) is 30.3 Å². The number of morpholine rings is 2. The van der Waals surface area contributed by atoms with Crippen LogP contribution in [0.3, 0.4) is 0 Å². The van der Waals surface area contributed by atoms with Crippen LogP contribution in [0.25, 0.3) is 10.9 Å². The molecule has 7 nitrogen and oxygen atoms in total. The van der Waals surface area contributed by atoms with Crippen LogP contribution >= 0.6 is 0 Å². The van der Waals surface area contributed by atoms with Crippen molar-refractivity contribution in [2.45, 2.75) is 19.0 Å². The van der Waals surface area contributed by atoms with Gasteiger partial charge in [0, 0.05) is 43.2 Å². The molecule has 3 heterocycles. The van der Waals surface area contributed by atoms with Crippen molar-refractivity contribution >= 4 is 22.7 Å². The number of pyridine rings is 1. The Morgan fingerprint density at radius 1 is 1.15 bits per heavy atom. The minimum Gasteiger partial charge on any atom is -0.481 e. The molecular formula is C20H25N3O4. The van der Waals surface area contributed by atoms with E-state index in [4.69, 9.17) is 14.5 Å². The Bertz CT molecular complexity index is 807. The minimum atomic E-state index is -0.791. The zero-order valence-electron chi connectivity index (χ0n) is 15.3. The summed E-state index contributed by atoms with van der Waals surface area (Å²) in [6, 6.07) is 10.2. The van der Waals surface area contributed by atoms with E-state index in [0.29, 0.717) is 33.0 Å². The van der Waals surface area contributed by atoms with E-state index in [-0.39, 0.29) is 12.5 Å². The van der Waals surface area contributed by atoms with Gasteiger partial charge in [-0.1, -0.05) is 18.2 Å². The van der Waals surface area contributed by atoms with Crippen LogP contribution in [0.5, 0.6) is 0 Å². The second-order valence-corrected chi connectivity index (χ2v) is 7.06. The highest BCUT2D eigenvalue weighted by atomic mass is 16.5. The number of hydrogen-bond acceptors (Lipinski definition) is 6. The Kier molecular flexibility index (Phi) is 5.52. The average Bonchev–Trinajstić information content (AvgIpc) is 2.69. The maximum Gasteiger partial charge on any atom is 0.305 e. The number of fused-ring (bicyclic) bond motifs is 1. The van der Waals surface area contributed by atoms with Crippen molar-refractivity contribution < 1.29 is 19.4 Å². The van der Waals surface area contributed by atoms with E-state index in [9.17, 15) is 9.90 Å². The van der Waals surface area contributed by atoms with Crippen molar-refractivity contribution in [2.75, 3.05) is 51.0 Å². The number of anilines is 1. The van der Waals surface area contributed by atoms with E-state index in [2.05, 4.69) is 21.9 Å². The molecule has 2 saturated heterocycles. The lowest BCUT2D eigenvalue weighted by atomic mass is 10.1. The first-order chi connectivity index (χ1) is 13.2. The molecule has 1 N–H and O–H groups in total. The van der Waals surface area contributed by atoms with Gasteiger partial charge >= 0.3 is 5.97 Å². The zero-order chi connectivity index (χ0) is 18.6. The third kappa shape index (κ3) is 4.21. The fourth-order valence-electron chi connectivity index (χ4n) is 3.82. The molecule has 0 saturated carbocycles. The number of rotatable bonds is 5. The molecule has 27 heavy (non-hydrogen) atoms. The summed E-state index contributed by atoms with van der Waals surface area (Å²) >= 11 is 0. The van der Waals surface area contributed by atoms with Crippen LogP contribution in [0.4, 0.5) is 5.82 Å². The predicted molar refractivity (Wildman–Crippen MR) is 102 cm³/mol. The van der Waals surface area contributed by atoms with Gasteiger partial charge in [0.1, 0.15) is 5.82 Å². The largest absolute Gasteiger partial charge is 0.481 e. The summed E-state index contributed by atoms with van der Waals surface area (Å²) < 4.78 is 11.0.